The minimum Gasteiger partial charge on any atom is -0.352 e. The Morgan fingerprint density at radius 3 is 2.60 bits per heavy atom. The zero-order chi connectivity index (χ0) is 11.9. The summed E-state index contributed by atoms with van der Waals surface area (Å²) >= 11 is 1.89. The van der Waals surface area contributed by atoms with Crippen molar-refractivity contribution in [1.82, 2.24) is 5.32 Å². The third kappa shape index (κ3) is 6.05. The molecule has 0 radical (unpaired) electrons. The molecule has 3 nitrogen and oxygen atoms in total. The fourth-order valence-corrected chi connectivity index (χ4v) is 1.83. The van der Waals surface area contributed by atoms with Gasteiger partial charge in [-0.3, -0.25) is 4.79 Å². The molecule has 0 bridgehead atoms. The van der Waals surface area contributed by atoms with E-state index in [2.05, 4.69) is 12.2 Å². The molecule has 90 valence electrons. The molecule has 0 aromatic carbocycles. The van der Waals surface area contributed by atoms with Gasteiger partial charge in [-0.25, -0.2) is 0 Å². The maximum atomic E-state index is 11.7. The van der Waals surface area contributed by atoms with Crippen molar-refractivity contribution < 1.29 is 4.79 Å². The number of hydrogen-bond donors (Lipinski definition) is 2. The molecule has 4 heteroatoms. The van der Waals surface area contributed by atoms with E-state index in [1.54, 1.807) is 6.92 Å². The number of carbonyl (C=O) groups excluding carboxylic acids is 1. The highest BCUT2D eigenvalue weighted by Gasteiger charge is 2.26. The van der Waals surface area contributed by atoms with Crippen molar-refractivity contribution in [3.05, 3.63) is 0 Å². The van der Waals surface area contributed by atoms with Gasteiger partial charge < -0.3 is 11.1 Å². The van der Waals surface area contributed by atoms with Crippen LogP contribution in [0.1, 0.15) is 40.5 Å². The minimum absolute atomic E-state index is 0.0426. The van der Waals surface area contributed by atoms with Crippen molar-refractivity contribution in [3.63, 3.8) is 0 Å². The van der Waals surface area contributed by atoms with E-state index in [9.17, 15) is 4.79 Å². The molecule has 0 rings (SSSR count). The maximum Gasteiger partial charge on any atom is 0.239 e. The van der Waals surface area contributed by atoms with Crippen molar-refractivity contribution in [1.29, 1.82) is 0 Å². The molecule has 0 aliphatic rings. The number of rotatable bonds is 7. The summed E-state index contributed by atoms with van der Waals surface area (Å²) in [7, 11) is 0. The summed E-state index contributed by atoms with van der Waals surface area (Å²) in [6.07, 6.45) is 1.67. The number of hydrogen-bond acceptors (Lipinski definition) is 3. The highest BCUT2D eigenvalue weighted by atomic mass is 32.2. The van der Waals surface area contributed by atoms with E-state index >= 15 is 0 Å². The van der Waals surface area contributed by atoms with Crippen LogP contribution in [0.3, 0.4) is 0 Å². The quantitative estimate of drug-likeness (QED) is 0.658. The van der Waals surface area contributed by atoms with E-state index in [1.165, 1.54) is 0 Å². The van der Waals surface area contributed by atoms with Gasteiger partial charge in [0.15, 0.2) is 0 Å². The largest absolute Gasteiger partial charge is 0.352 e. The van der Waals surface area contributed by atoms with Crippen LogP contribution in [0.2, 0.25) is 0 Å². The number of carbonyl (C=O) groups is 1. The number of nitrogens with one attached hydrogen (secondary N) is 1. The lowest BCUT2D eigenvalue weighted by molar-refractivity contribution is -0.126. The first kappa shape index (κ1) is 14.8. The van der Waals surface area contributed by atoms with Gasteiger partial charge in [0.05, 0.1) is 5.54 Å². The molecule has 0 aromatic rings. The predicted octanol–water partition coefficient (Wildman–Crippen LogP) is 1.76. The first-order chi connectivity index (χ1) is 6.94. The first-order valence-corrected chi connectivity index (χ1v) is 6.77. The van der Waals surface area contributed by atoms with E-state index in [1.807, 2.05) is 25.6 Å². The normalized spacial score (nSPS) is 16.9. The van der Waals surface area contributed by atoms with Crippen LogP contribution in [-0.4, -0.2) is 29.0 Å². The molecule has 15 heavy (non-hydrogen) atoms. The summed E-state index contributed by atoms with van der Waals surface area (Å²) in [6.45, 7) is 7.87. The molecule has 0 saturated heterocycles. The molecular formula is C11H24N2OS. The fourth-order valence-electron chi connectivity index (χ4n) is 1.03. The second-order valence-electron chi connectivity index (χ2n) is 4.13. The SMILES string of the molecule is CCSCCC(C)NC(=O)C(C)(N)CC. The molecule has 0 fully saturated rings. The number of nitrogens with two attached hydrogens (primary N) is 1. The molecule has 0 spiro atoms. The van der Waals surface area contributed by atoms with Crippen LogP contribution in [0.25, 0.3) is 0 Å². The van der Waals surface area contributed by atoms with Gasteiger partial charge in [-0.1, -0.05) is 13.8 Å². The summed E-state index contributed by atoms with van der Waals surface area (Å²) < 4.78 is 0. The molecule has 0 aromatic heterocycles. The molecule has 1 amide bonds. The monoisotopic (exact) mass is 232 g/mol. The predicted molar refractivity (Wildman–Crippen MR) is 68.1 cm³/mol. The maximum absolute atomic E-state index is 11.7. The second-order valence-corrected chi connectivity index (χ2v) is 5.52. The van der Waals surface area contributed by atoms with E-state index in [0.717, 1.165) is 17.9 Å². The highest BCUT2D eigenvalue weighted by molar-refractivity contribution is 7.99. The molecular weight excluding hydrogens is 208 g/mol. The zero-order valence-corrected chi connectivity index (χ0v) is 11.1. The van der Waals surface area contributed by atoms with Gasteiger partial charge in [0.1, 0.15) is 0 Å². The van der Waals surface area contributed by atoms with Gasteiger partial charge in [-0.05, 0) is 38.2 Å². The van der Waals surface area contributed by atoms with Crippen LogP contribution in [0.5, 0.6) is 0 Å². The average molecular weight is 232 g/mol. The zero-order valence-electron chi connectivity index (χ0n) is 10.3. The molecule has 2 atom stereocenters. The summed E-state index contributed by atoms with van der Waals surface area (Å²) in [5, 5.41) is 2.95. The first-order valence-electron chi connectivity index (χ1n) is 5.61. The van der Waals surface area contributed by atoms with Crippen molar-refractivity contribution in [2.45, 2.75) is 52.1 Å². The Balaban J connectivity index is 3.86. The van der Waals surface area contributed by atoms with E-state index < -0.39 is 5.54 Å². The van der Waals surface area contributed by atoms with Crippen molar-refractivity contribution in [3.8, 4) is 0 Å². The topological polar surface area (TPSA) is 55.1 Å². The minimum atomic E-state index is -0.730. The lowest BCUT2D eigenvalue weighted by Gasteiger charge is -2.24. The Labute approximate surface area is 97.6 Å². The van der Waals surface area contributed by atoms with Crippen LogP contribution in [0, 0.1) is 0 Å². The van der Waals surface area contributed by atoms with Crippen molar-refractivity contribution >= 4 is 17.7 Å². The van der Waals surface area contributed by atoms with Crippen LogP contribution >= 0.6 is 11.8 Å². The number of amides is 1. The Morgan fingerprint density at radius 1 is 1.53 bits per heavy atom. The summed E-state index contributed by atoms with van der Waals surface area (Å²) in [5.41, 5.74) is 5.12. The van der Waals surface area contributed by atoms with Crippen LogP contribution < -0.4 is 11.1 Å². The third-order valence-electron chi connectivity index (χ3n) is 2.53. The van der Waals surface area contributed by atoms with Gasteiger partial charge in [0.2, 0.25) is 5.91 Å². The molecule has 0 saturated carbocycles. The lowest BCUT2D eigenvalue weighted by Crippen LogP contribution is -2.53. The van der Waals surface area contributed by atoms with E-state index in [4.69, 9.17) is 5.73 Å². The van der Waals surface area contributed by atoms with Crippen molar-refractivity contribution in [2.75, 3.05) is 11.5 Å². The summed E-state index contributed by atoms with van der Waals surface area (Å²) in [5.74, 6) is 2.18. The van der Waals surface area contributed by atoms with Gasteiger partial charge in [-0.15, -0.1) is 0 Å². The Bertz CT molecular complexity index is 195. The van der Waals surface area contributed by atoms with Crippen LogP contribution in [0.15, 0.2) is 0 Å². The van der Waals surface area contributed by atoms with E-state index in [0.29, 0.717) is 6.42 Å². The molecule has 3 N–H and O–H groups in total. The van der Waals surface area contributed by atoms with Crippen LogP contribution in [-0.2, 0) is 4.79 Å². The Kier molecular flexibility index (Phi) is 7.02. The van der Waals surface area contributed by atoms with Gasteiger partial charge >= 0.3 is 0 Å². The highest BCUT2D eigenvalue weighted by Crippen LogP contribution is 2.07. The van der Waals surface area contributed by atoms with Gasteiger partial charge in [0, 0.05) is 6.04 Å². The van der Waals surface area contributed by atoms with E-state index in [-0.39, 0.29) is 11.9 Å². The molecule has 0 aliphatic heterocycles. The smallest absolute Gasteiger partial charge is 0.239 e. The fraction of sp³-hybridized carbons (Fsp3) is 0.909. The van der Waals surface area contributed by atoms with Gasteiger partial charge in [-0.2, -0.15) is 11.8 Å². The summed E-state index contributed by atoms with van der Waals surface area (Å²) in [6, 6.07) is 0.214. The van der Waals surface area contributed by atoms with Crippen molar-refractivity contribution in [2.24, 2.45) is 5.73 Å². The molecule has 0 heterocycles. The Hall–Kier alpha value is -0.220. The lowest BCUT2D eigenvalue weighted by atomic mass is 9.99. The molecule has 0 aliphatic carbocycles. The second kappa shape index (κ2) is 7.12. The van der Waals surface area contributed by atoms with Crippen LogP contribution in [0.4, 0.5) is 0 Å². The standard InChI is InChI=1S/C11H24N2OS/c1-5-11(4,12)10(14)13-9(3)7-8-15-6-2/h9H,5-8,12H2,1-4H3,(H,13,14). The molecule has 2 unspecified atom stereocenters. The number of thioether (sulfide) groups is 1. The average Bonchev–Trinajstić information content (AvgIpc) is 2.18. The Morgan fingerprint density at radius 2 is 2.13 bits per heavy atom. The van der Waals surface area contributed by atoms with Gasteiger partial charge in [0.25, 0.3) is 0 Å². The third-order valence-corrected chi connectivity index (χ3v) is 3.46. The summed E-state index contributed by atoms with van der Waals surface area (Å²) in [4.78, 5) is 11.7.